The molecule has 0 saturated heterocycles. The van der Waals surface area contributed by atoms with Crippen LogP contribution >= 0.6 is 11.6 Å². The summed E-state index contributed by atoms with van der Waals surface area (Å²) in [5.41, 5.74) is 4.13. The lowest BCUT2D eigenvalue weighted by molar-refractivity contribution is 0.110. The molecule has 0 unspecified atom stereocenters. The van der Waals surface area contributed by atoms with Crippen LogP contribution in [-0.4, -0.2) is 25.7 Å². The molecule has 106 valence electrons. The first-order valence-corrected chi connectivity index (χ1v) is 7.55. The van der Waals surface area contributed by atoms with Crippen LogP contribution in [0.3, 0.4) is 0 Å². The van der Waals surface area contributed by atoms with Gasteiger partial charge in [0.1, 0.15) is 4.90 Å². The minimum atomic E-state index is -4.12. The molecule has 2 rings (SSSR count). The fourth-order valence-corrected chi connectivity index (χ4v) is 3.89. The van der Waals surface area contributed by atoms with Crippen LogP contribution in [0.2, 0.25) is 5.02 Å². The minimum Gasteiger partial charge on any atom is -0.396 e. The SMILES string of the molecule is Nc1cc(Cl)cc(S(=O)(=O)NC2(CO)CCC2)c1F. The van der Waals surface area contributed by atoms with Crippen molar-refractivity contribution >= 4 is 27.3 Å². The van der Waals surface area contributed by atoms with E-state index in [2.05, 4.69) is 4.72 Å². The highest BCUT2D eigenvalue weighted by molar-refractivity contribution is 7.89. The Bertz CT molecular complexity index is 597. The number of nitrogens with one attached hydrogen (secondary N) is 1. The van der Waals surface area contributed by atoms with Crippen LogP contribution in [0.1, 0.15) is 19.3 Å². The van der Waals surface area contributed by atoms with Crippen molar-refractivity contribution in [1.82, 2.24) is 4.72 Å². The molecule has 0 aromatic heterocycles. The van der Waals surface area contributed by atoms with Gasteiger partial charge in [-0.25, -0.2) is 17.5 Å². The van der Waals surface area contributed by atoms with Crippen molar-refractivity contribution in [3.05, 3.63) is 23.0 Å². The number of benzene rings is 1. The molecule has 1 saturated carbocycles. The van der Waals surface area contributed by atoms with Crippen LogP contribution in [0.15, 0.2) is 17.0 Å². The second kappa shape index (κ2) is 4.90. The second-order valence-electron chi connectivity index (χ2n) is 4.70. The van der Waals surface area contributed by atoms with Crippen molar-refractivity contribution in [3.8, 4) is 0 Å². The first kappa shape index (κ1) is 14.5. The van der Waals surface area contributed by atoms with E-state index < -0.39 is 26.3 Å². The van der Waals surface area contributed by atoms with Crippen molar-refractivity contribution in [2.24, 2.45) is 0 Å². The fourth-order valence-electron chi connectivity index (χ4n) is 2.02. The highest BCUT2D eigenvalue weighted by Crippen LogP contribution is 2.34. The predicted octanol–water partition coefficient (Wildman–Crippen LogP) is 1.25. The number of hydrogen-bond acceptors (Lipinski definition) is 4. The lowest BCUT2D eigenvalue weighted by atomic mass is 9.78. The van der Waals surface area contributed by atoms with Crippen LogP contribution < -0.4 is 10.5 Å². The van der Waals surface area contributed by atoms with Gasteiger partial charge in [-0.3, -0.25) is 0 Å². The lowest BCUT2D eigenvalue weighted by Crippen LogP contribution is -2.56. The average Bonchev–Trinajstić information content (AvgIpc) is 2.28. The molecule has 8 heteroatoms. The van der Waals surface area contributed by atoms with Crippen molar-refractivity contribution in [2.45, 2.75) is 29.7 Å². The van der Waals surface area contributed by atoms with E-state index in [4.69, 9.17) is 17.3 Å². The van der Waals surface area contributed by atoms with Crippen LogP contribution in [-0.2, 0) is 10.0 Å². The molecule has 19 heavy (non-hydrogen) atoms. The second-order valence-corrected chi connectivity index (χ2v) is 6.79. The van der Waals surface area contributed by atoms with Crippen LogP contribution in [0.4, 0.5) is 10.1 Å². The minimum absolute atomic E-state index is 0.0333. The molecule has 0 heterocycles. The van der Waals surface area contributed by atoms with Crippen LogP contribution in [0, 0.1) is 5.82 Å². The summed E-state index contributed by atoms with van der Waals surface area (Å²) >= 11 is 5.69. The van der Waals surface area contributed by atoms with E-state index in [-0.39, 0.29) is 17.3 Å². The number of nitrogen functional groups attached to an aromatic ring is 1. The number of rotatable bonds is 4. The summed E-state index contributed by atoms with van der Waals surface area (Å²) in [5, 5.41) is 9.29. The zero-order chi connectivity index (χ0) is 14.3. The normalized spacial score (nSPS) is 18.1. The van der Waals surface area contributed by atoms with Gasteiger partial charge in [-0.2, -0.15) is 0 Å². The number of sulfonamides is 1. The summed E-state index contributed by atoms with van der Waals surface area (Å²) in [7, 11) is -4.12. The number of aliphatic hydroxyl groups excluding tert-OH is 1. The molecule has 0 radical (unpaired) electrons. The Balaban J connectivity index is 2.40. The maximum Gasteiger partial charge on any atom is 0.244 e. The van der Waals surface area contributed by atoms with Gasteiger partial charge in [0.05, 0.1) is 17.8 Å². The molecule has 0 amide bonds. The van der Waals surface area contributed by atoms with E-state index in [1.165, 1.54) is 0 Å². The summed E-state index contributed by atoms with van der Waals surface area (Å²) < 4.78 is 40.4. The van der Waals surface area contributed by atoms with E-state index in [9.17, 15) is 17.9 Å². The Morgan fingerprint density at radius 1 is 1.47 bits per heavy atom. The Hall–Kier alpha value is -0.890. The van der Waals surface area contributed by atoms with E-state index in [0.29, 0.717) is 12.8 Å². The van der Waals surface area contributed by atoms with Gasteiger partial charge in [0.15, 0.2) is 5.82 Å². The summed E-state index contributed by atoms with van der Waals surface area (Å²) in [4.78, 5) is -0.600. The predicted molar refractivity (Wildman–Crippen MR) is 69.8 cm³/mol. The van der Waals surface area contributed by atoms with Crippen molar-refractivity contribution in [3.63, 3.8) is 0 Å². The van der Waals surface area contributed by atoms with Gasteiger partial charge in [-0.05, 0) is 31.4 Å². The zero-order valence-corrected chi connectivity index (χ0v) is 11.6. The molecule has 5 nitrogen and oxygen atoms in total. The van der Waals surface area contributed by atoms with E-state index in [1.54, 1.807) is 0 Å². The zero-order valence-electron chi connectivity index (χ0n) is 9.99. The first-order valence-electron chi connectivity index (χ1n) is 5.69. The Morgan fingerprint density at radius 3 is 2.58 bits per heavy atom. The van der Waals surface area contributed by atoms with Crippen LogP contribution in [0.5, 0.6) is 0 Å². The van der Waals surface area contributed by atoms with E-state index in [1.807, 2.05) is 0 Å². The Kier molecular flexibility index (Phi) is 3.74. The molecule has 1 aliphatic rings. The number of nitrogens with two attached hydrogens (primary N) is 1. The highest BCUT2D eigenvalue weighted by Gasteiger charge is 2.41. The number of anilines is 1. The average molecular weight is 309 g/mol. The molecule has 0 bridgehead atoms. The number of aliphatic hydroxyl groups is 1. The fraction of sp³-hybridized carbons (Fsp3) is 0.455. The third-order valence-electron chi connectivity index (χ3n) is 3.29. The molecule has 1 aromatic rings. The largest absolute Gasteiger partial charge is 0.396 e. The van der Waals surface area contributed by atoms with E-state index in [0.717, 1.165) is 18.6 Å². The molecule has 1 aromatic carbocycles. The van der Waals surface area contributed by atoms with E-state index >= 15 is 0 Å². The van der Waals surface area contributed by atoms with Gasteiger partial charge in [-0.15, -0.1) is 0 Å². The summed E-state index contributed by atoms with van der Waals surface area (Å²) in [6, 6.07) is 2.14. The maximum absolute atomic E-state index is 13.8. The van der Waals surface area contributed by atoms with Gasteiger partial charge in [0.25, 0.3) is 0 Å². The molecule has 1 fully saturated rings. The number of hydrogen-bond donors (Lipinski definition) is 3. The smallest absolute Gasteiger partial charge is 0.244 e. The molecule has 4 N–H and O–H groups in total. The van der Waals surface area contributed by atoms with Gasteiger partial charge in [-0.1, -0.05) is 11.6 Å². The standard InChI is InChI=1S/C11H14ClFN2O3S/c12-7-4-8(14)10(13)9(5-7)19(17,18)15-11(6-16)2-1-3-11/h4-5,15-16H,1-3,6,14H2. The third kappa shape index (κ3) is 2.69. The maximum atomic E-state index is 13.8. The highest BCUT2D eigenvalue weighted by atomic mass is 35.5. The topological polar surface area (TPSA) is 92.4 Å². The Morgan fingerprint density at radius 2 is 2.11 bits per heavy atom. The van der Waals surface area contributed by atoms with Gasteiger partial charge in [0, 0.05) is 5.02 Å². The van der Waals surface area contributed by atoms with Crippen LogP contribution in [0.25, 0.3) is 0 Å². The molecule has 0 aliphatic heterocycles. The van der Waals surface area contributed by atoms with Crippen molar-refractivity contribution < 1.29 is 17.9 Å². The quantitative estimate of drug-likeness (QED) is 0.730. The number of halogens is 2. The summed E-state index contributed by atoms with van der Waals surface area (Å²) in [5.74, 6) is -1.04. The summed E-state index contributed by atoms with van der Waals surface area (Å²) in [6.45, 7) is -0.329. The molecular formula is C11H14ClFN2O3S. The first-order chi connectivity index (χ1) is 8.80. The molecular weight excluding hydrogens is 295 g/mol. The Labute approximate surface area is 115 Å². The van der Waals surface area contributed by atoms with Gasteiger partial charge >= 0.3 is 0 Å². The third-order valence-corrected chi connectivity index (χ3v) is 5.08. The van der Waals surface area contributed by atoms with Gasteiger partial charge in [0.2, 0.25) is 10.0 Å². The lowest BCUT2D eigenvalue weighted by Gasteiger charge is -2.40. The monoisotopic (exact) mass is 308 g/mol. The summed E-state index contributed by atoms with van der Waals surface area (Å²) in [6.07, 6.45) is 1.84. The van der Waals surface area contributed by atoms with Crippen molar-refractivity contribution in [2.75, 3.05) is 12.3 Å². The van der Waals surface area contributed by atoms with Gasteiger partial charge < -0.3 is 10.8 Å². The molecule has 0 spiro atoms. The van der Waals surface area contributed by atoms with Crippen molar-refractivity contribution in [1.29, 1.82) is 0 Å². The molecule has 1 aliphatic carbocycles. The molecule has 0 atom stereocenters.